The fourth-order valence-corrected chi connectivity index (χ4v) is 3.95. The molecule has 1 aromatic heterocycles. The normalized spacial score (nSPS) is 10.3. The average molecular weight is 404 g/mol. The van der Waals surface area contributed by atoms with Crippen LogP contribution in [-0.2, 0) is 4.79 Å². The Morgan fingerprint density at radius 2 is 2.07 bits per heavy atom. The van der Waals surface area contributed by atoms with Gasteiger partial charge in [0.1, 0.15) is 12.4 Å². The zero-order valence-electron chi connectivity index (χ0n) is 14.0. The maximum atomic E-state index is 13.3. The molecule has 27 heavy (non-hydrogen) atoms. The first kappa shape index (κ1) is 19.1. The van der Waals surface area contributed by atoms with Crippen LogP contribution in [0.5, 0.6) is 5.75 Å². The molecule has 0 unspecified atom stereocenters. The van der Waals surface area contributed by atoms with Crippen LogP contribution in [0.1, 0.15) is 0 Å². The van der Waals surface area contributed by atoms with E-state index in [1.807, 2.05) is 24.3 Å². The standard InChI is InChI=1S/C19H14F2N2O2S2/c20-13-7-8-16(14(21)11-13)25-10-4-3-9-22-18(24)12-26-19-23-15-5-1-2-6-17(15)27-19/h1-2,5-8,11H,9-10,12H2,(H,22,24). The number of amides is 1. The fourth-order valence-electron chi connectivity index (χ4n) is 2.05. The van der Waals surface area contributed by atoms with Crippen molar-refractivity contribution in [2.75, 3.05) is 18.9 Å². The van der Waals surface area contributed by atoms with E-state index in [0.29, 0.717) is 0 Å². The predicted molar refractivity (Wildman–Crippen MR) is 103 cm³/mol. The van der Waals surface area contributed by atoms with E-state index < -0.39 is 11.6 Å². The minimum absolute atomic E-state index is 0.0567. The van der Waals surface area contributed by atoms with Crippen LogP contribution in [0, 0.1) is 23.5 Å². The number of ether oxygens (including phenoxy) is 1. The van der Waals surface area contributed by atoms with E-state index in [-0.39, 0.29) is 30.6 Å². The third-order valence-corrected chi connectivity index (χ3v) is 5.47. The van der Waals surface area contributed by atoms with Crippen molar-refractivity contribution in [2.45, 2.75) is 4.34 Å². The van der Waals surface area contributed by atoms with Gasteiger partial charge in [-0.3, -0.25) is 4.79 Å². The quantitative estimate of drug-likeness (QED) is 0.501. The molecule has 0 fully saturated rings. The Balaban J connectivity index is 1.36. The number of thioether (sulfide) groups is 1. The zero-order valence-corrected chi connectivity index (χ0v) is 15.6. The maximum absolute atomic E-state index is 13.3. The predicted octanol–water partition coefficient (Wildman–Crippen LogP) is 3.87. The molecular weight excluding hydrogens is 390 g/mol. The molecule has 0 aliphatic rings. The number of thiazole rings is 1. The first-order valence-corrected chi connectivity index (χ1v) is 9.70. The zero-order chi connectivity index (χ0) is 19.1. The van der Waals surface area contributed by atoms with Gasteiger partial charge < -0.3 is 10.1 Å². The number of hydrogen-bond donors (Lipinski definition) is 1. The minimum atomic E-state index is -0.781. The van der Waals surface area contributed by atoms with Crippen LogP contribution in [0.2, 0.25) is 0 Å². The second kappa shape index (κ2) is 9.35. The molecule has 3 rings (SSSR count). The smallest absolute Gasteiger partial charge is 0.231 e. The fraction of sp³-hybridized carbons (Fsp3) is 0.158. The van der Waals surface area contributed by atoms with Crippen LogP contribution in [0.4, 0.5) is 8.78 Å². The van der Waals surface area contributed by atoms with E-state index >= 15 is 0 Å². The van der Waals surface area contributed by atoms with Crippen molar-refractivity contribution in [3.8, 4) is 17.6 Å². The third kappa shape index (κ3) is 5.67. The van der Waals surface area contributed by atoms with Crippen molar-refractivity contribution < 1.29 is 18.3 Å². The van der Waals surface area contributed by atoms with Crippen LogP contribution >= 0.6 is 23.1 Å². The summed E-state index contributed by atoms with van der Waals surface area (Å²) in [6, 6.07) is 10.9. The summed E-state index contributed by atoms with van der Waals surface area (Å²) in [5, 5.41) is 2.67. The molecule has 0 radical (unpaired) electrons. The molecule has 1 heterocycles. The Morgan fingerprint density at radius 1 is 1.22 bits per heavy atom. The molecule has 0 aliphatic heterocycles. The first-order valence-electron chi connectivity index (χ1n) is 7.90. The Morgan fingerprint density at radius 3 is 2.89 bits per heavy atom. The minimum Gasteiger partial charge on any atom is -0.478 e. The molecule has 0 saturated carbocycles. The van der Waals surface area contributed by atoms with E-state index in [4.69, 9.17) is 4.74 Å². The molecule has 1 N–H and O–H groups in total. The van der Waals surface area contributed by atoms with E-state index in [9.17, 15) is 13.6 Å². The maximum Gasteiger partial charge on any atom is 0.231 e. The number of nitrogens with zero attached hydrogens (tertiary/aromatic N) is 1. The molecule has 0 atom stereocenters. The van der Waals surface area contributed by atoms with Gasteiger partial charge in [-0.2, -0.15) is 0 Å². The molecule has 0 aliphatic carbocycles. The monoisotopic (exact) mass is 404 g/mol. The number of carbonyl (C=O) groups is 1. The van der Waals surface area contributed by atoms with Crippen LogP contribution in [-0.4, -0.2) is 29.8 Å². The first-order chi connectivity index (χ1) is 13.1. The summed E-state index contributed by atoms with van der Waals surface area (Å²) >= 11 is 2.92. The molecule has 0 saturated heterocycles. The van der Waals surface area contributed by atoms with Gasteiger partial charge in [0.05, 0.1) is 22.5 Å². The van der Waals surface area contributed by atoms with E-state index in [2.05, 4.69) is 22.1 Å². The number of benzene rings is 2. The molecule has 3 aromatic rings. The SMILES string of the molecule is O=C(CSc1nc2ccccc2s1)NCC#CCOc1ccc(F)cc1F. The number of nitrogens with one attached hydrogen (secondary N) is 1. The van der Waals surface area contributed by atoms with Crippen molar-refractivity contribution in [2.24, 2.45) is 0 Å². The average Bonchev–Trinajstić information content (AvgIpc) is 3.07. The second-order valence-corrected chi connectivity index (χ2v) is 7.48. The lowest BCUT2D eigenvalue weighted by atomic mass is 10.3. The number of hydrogen-bond acceptors (Lipinski definition) is 5. The number of halogens is 2. The number of aromatic nitrogens is 1. The van der Waals surface area contributed by atoms with Crippen LogP contribution in [0.15, 0.2) is 46.8 Å². The number of para-hydroxylation sites is 1. The van der Waals surface area contributed by atoms with Crippen molar-refractivity contribution in [3.63, 3.8) is 0 Å². The van der Waals surface area contributed by atoms with Gasteiger partial charge in [0.15, 0.2) is 15.9 Å². The number of fused-ring (bicyclic) bond motifs is 1. The highest BCUT2D eigenvalue weighted by molar-refractivity contribution is 8.01. The van der Waals surface area contributed by atoms with Crippen molar-refractivity contribution in [1.82, 2.24) is 10.3 Å². The topological polar surface area (TPSA) is 51.2 Å². The highest BCUT2D eigenvalue weighted by Crippen LogP contribution is 2.28. The van der Waals surface area contributed by atoms with Crippen LogP contribution in [0.25, 0.3) is 10.2 Å². The van der Waals surface area contributed by atoms with Gasteiger partial charge >= 0.3 is 0 Å². The summed E-state index contributed by atoms with van der Waals surface area (Å²) in [5.41, 5.74) is 0.925. The van der Waals surface area contributed by atoms with Gasteiger partial charge in [0.25, 0.3) is 0 Å². The number of carbonyl (C=O) groups excluding carboxylic acids is 1. The summed E-state index contributed by atoms with van der Waals surface area (Å²) in [7, 11) is 0. The molecule has 8 heteroatoms. The summed E-state index contributed by atoms with van der Waals surface area (Å²) in [4.78, 5) is 16.3. The lowest BCUT2D eigenvalue weighted by molar-refractivity contribution is -0.118. The molecule has 2 aromatic carbocycles. The van der Waals surface area contributed by atoms with Gasteiger partial charge in [-0.05, 0) is 24.3 Å². The molecule has 4 nitrogen and oxygen atoms in total. The molecule has 0 bridgehead atoms. The molecule has 1 amide bonds. The van der Waals surface area contributed by atoms with Gasteiger partial charge in [-0.1, -0.05) is 35.7 Å². The molecule has 0 spiro atoms. The Kier molecular flexibility index (Phi) is 6.63. The van der Waals surface area contributed by atoms with Gasteiger partial charge in [0.2, 0.25) is 5.91 Å². The van der Waals surface area contributed by atoms with Gasteiger partial charge in [0, 0.05) is 6.07 Å². The summed E-state index contributed by atoms with van der Waals surface area (Å²) in [6.45, 7) is 0.105. The lowest BCUT2D eigenvalue weighted by Gasteiger charge is -2.02. The highest BCUT2D eigenvalue weighted by atomic mass is 32.2. The van der Waals surface area contributed by atoms with E-state index in [1.54, 1.807) is 11.3 Å². The third-order valence-electron chi connectivity index (χ3n) is 3.29. The van der Waals surface area contributed by atoms with Crippen LogP contribution in [0.3, 0.4) is 0 Å². The van der Waals surface area contributed by atoms with Crippen molar-refractivity contribution in [1.29, 1.82) is 0 Å². The Hall–Kier alpha value is -2.63. The van der Waals surface area contributed by atoms with Crippen LogP contribution < -0.4 is 10.1 Å². The Labute approximate surface area is 162 Å². The van der Waals surface area contributed by atoms with Gasteiger partial charge in [-0.15, -0.1) is 11.3 Å². The Bertz CT molecular complexity index is 979. The van der Waals surface area contributed by atoms with Crippen molar-refractivity contribution in [3.05, 3.63) is 54.1 Å². The summed E-state index contributed by atoms with van der Waals surface area (Å²) in [6.07, 6.45) is 0. The lowest BCUT2D eigenvalue weighted by Crippen LogP contribution is -2.25. The van der Waals surface area contributed by atoms with Crippen molar-refractivity contribution >= 4 is 39.2 Å². The largest absolute Gasteiger partial charge is 0.478 e. The number of rotatable bonds is 6. The molecular formula is C19H14F2N2O2S2. The second-order valence-electron chi connectivity index (χ2n) is 5.23. The summed E-state index contributed by atoms with van der Waals surface area (Å²) in [5.74, 6) is 3.95. The van der Waals surface area contributed by atoms with Gasteiger partial charge in [-0.25, -0.2) is 13.8 Å². The molecule has 138 valence electrons. The van der Waals surface area contributed by atoms with E-state index in [1.165, 1.54) is 17.8 Å². The highest BCUT2D eigenvalue weighted by Gasteiger charge is 2.07. The van der Waals surface area contributed by atoms with E-state index in [0.717, 1.165) is 26.7 Å². The summed E-state index contributed by atoms with van der Waals surface area (Å²) < 4.78 is 33.1.